The predicted molar refractivity (Wildman–Crippen MR) is 38.6 cm³/mol. The van der Waals surface area contributed by atoms with Crippen molar-refractivity contribution in [1.82, 2.24) is 0 Å². The largest absolute Gasteiger partial charge is 0.393 e. The molecular weight excluding hydrogens is 131 g/mol. The van der Waals surface area contributed by atoms with Crippen LogP contribution in [0.3, 0.4) is 0 Å². The van der Waals surface area contributed by atoms with E-state index < -0.39 is 6.17 Å². The molecule has 1 aliphatic carbocycles. The van der Waals surface area contributed by atoms with E-state index in [0.29, 0.717) is 12.8 Å². The van der Waals surface area contributed by atoms with Gasteiger partial charge in [0.2, 0.25) is 0 Å². The smallest absolute Gasteiger partial charge is 0.100 e. The molecule has 1 saturated carbocycles. The molecule has 0 unspecified atom stereocenters. The molecule has 0 aromatic carbocycles. The van der Waals surface area contributed by atoms with Gasteiger partial charge in [0.15, 0.2) is 0 Å². The van der Waals surface area contributed by atoms with Crippen molar-refractivity contribution in [3.8, 4) is 0 Å². The van der Waals surface area contributed by atoms with Crippen LogP contribution in [0.25, 0.3) is 0 Å². The van der Waals surface area contributed by atoms with Crippen LogP contribution in [0.4, 0.5) is 4.39 Å². The summed E-state index contributed by atoms with van der Waals surface area (Å²) in [5.41, 5.74) is 0. The van der Waals surface area contributed by atoms with Crippen LogP contribution in [0.2, 0.25) is 0 Å². The van der Waals surface area contributed by atoms with Gasteiger partial charge < -0.3 is 5.11 Å². The Morgan fingerprint density at radius 2 is 1.50 bits per heavy atom. The summed E-state index contributed by atoms with van der Waals surface area (Å²) in [5.74, 6) is 0. The Balaban J connectivity index is 2.21. The Hall–Kier alpha value is -0.110. The van der Waals surface area contributed by atoms with Gasteiger partial charge in [0.05, 0.1) is 6.10 Å². The highest BCUT2D eigenvalue weighted by Gasteiger charge is 2.13. The Kier molecular flexibility index (Phi) is 3.13. The van der Waals surface area contributed by atoms with Gasteiger partial charge in [-0.3, -0.25) is 0 Å². The standard InChI is InChI=1S/C8H15FO/c9-7-3-1-5-8(10)6-2-4-7/h7-8,10H,1-6H2. The molecule has 1 rings (SSSR count). The van der Waals surface area contributed by atoms with Gasteiger partial charge in [0, 0.05) is 0 Å². The molecular formula is C8H15FO. The molecule has 0 heterocycles. The van der Waals surface area contributed by atoms with Gasteiger partial charge in [-0.2, -0.15) is 0 Å². The average Bonchev–Trinajstić information content (AvgIpc) is 1.84. The molecule has 0 bridgehead atoms. The highest BCUT2D eigenvalue weighted by atomic mass is 19.1. The van der Waals surface area contributed by atoms with E-state index in [-0.39, 0.29) is 6.10 Å². The fourth-order valence-electron chi connectivity index (χ4n) is 1.44. The monoisotopic (exact) mass is 146 g/mol. The van der Waals surface area contributed by atoms with Crippen molar-refractivity contribution in [3.63, 3.8) is 0 Å². The third-order valence-corrected chi connectivity index (χ3v) is 2.11. The van der Waals surface area contributed by atoms with E-state index in [1.165, 1.54) is 0 Å². The predicted octanol–water partition coefficient (Wildman–Crippen LogP) is 2.04. The van der Waals surface area contributed by atoms with E-state index in [1.807, 2.05) is 0 Å². The molecule has 0 spiro atoms. The van der Waals surface area contributed by atoms with Crippen LogP contribution < -0.4 is 0 Å². The maximum Gasteiger partial charge on any atom is 0.100 e. The van der Waals surface area contributed by atoms with Gasteiger partial charge in [0.25, 0.3) is 0 Å². The lowest BCUT2D eigenvalue weighted by Crippen LogP contribution is -2.12. The van der Waals surface area contributed by atoms with Crippen molar-refractivity contribution in [3.05, 3.63) is 0 Å². The van der Waals surface area contributed by atoms with Crippen LogP contribution in [-0.2, 0) is 0 Å². The normalized spacial score (nSPS) is 36.6. The van der Waals surface area contributed by atoms with Crippen molar-refractivity contribution in [2.24, 2.45) is 0 Å². The van der Waals surface area contributed by atoms with Gasteiger partial charge in [-0.25, -0.2) is 4.39 Å². The molecule has 10 heavy (non-hydrogen) atoms. The zero-order chi connectivity index (χ0) is 7.40. The molecule has 0 aliphatic heterocycles. The van der Waals surface area contributed by atoms with Crippen LogP contribution in [-0.4, -0.2) is 17.4 Å². The van der Waals surface area contributed by atoms with Gasteiger partial charge >= 0.3 is 0 Å². The Morgan fingerprint density at radius 3 is 2.00 bits per heavy atom. The van der Waals surface area contributed by atoms with E-state index in [9.17, 15) is 9.50 Å². The summed E-state index contributed by atoms with van der Waals surface area (Å²) >= 11 is 0. The lowest BCUT2D eigenvalue weighted by molar-refractivity contribution is 0.126. The number of hydrogen-bond acceptors (Lipinski definition) is 1. The summed E-state index contributed by atoms with van der Waals surface area (Å²) in [6, 6.07) is 0. The quantitative estimate of drug-likeness (QED) is 0.554. The average molecular weight is 146 g/mol. The summed E-state index contributed by atoms with van der Waals surface area (Å²) < 4.78 is 12.7. The fourth-order valence-corrected chi connectivity index (χ4v) is 1.44. The van der Waals surface area contributed by atoms with Crippen LogP contribution >= 0.6 is 0 Å². The molecule has 1 aliphatic rings. The number of hydrogen-bond donors (Lipinski definition) is 1. The fraction of sp³-hybridized carbons (Fsp3) is 1.00. The minimum Gasteiger partial charge on any atom is -0.393 e. The minimum absolute atomic E-state index is 0.160. The summed E-state index contributed by atoms with van der Waals surface area (Å²) in [6.45, 7) is 0. The molecule has 0 atom stereocenters. The van der Waals surface area contributed by atoms with E-state index in [0.717, 1.165) is 25.7 Å². The van der Waals surface area contributed by atoms with Gasteiger partial charge in [-0.05, 0) is 38.5 Å². The molecule has 0 saturated heterocycles. The molecule has 0 amide bonds. The molecule has 1 N–H and O–H groups in total. The first kappa shape index (κ1) is 7.99. The van der Waals surface area contributed by atoms with Crippen molar-refractivity contribution >= 4 is 0 Å². The van der Waals surface area contributed by atoms with Crippen molar-refractivity contribution < 1.29 is 9.50 Å². The number of rotatable bonds is 0. The van der Waals surface area contributed by atoms with Crippen LogP contribution in [0.15, 0.2) is 0 Å². The van der Waals surface area contributed by atoms with Crippen molar-refractivity contribution in [2.75, 3.05) is 0 Å². The van der Waals surface area contributed by atoms with E-state index >= 15 is 0 Å². The van der Waals surface area contributed by atoms with Crippen molar-refractivity contribution in [1.29, 1.82) is 0 Å². The molecule has 1 fully saturated rings. The number of aliphatic hydroxyl groups is 1. The third kappa shape index (κ3) is 2.65. The van der Waals surface area contributed by atoms with Crippen molar-refractivity contribution in [2.45, 2.75) is 50.8 Å². The molecule has 0 radical (unpaired) electrons. The van der Waals surface area contributed by atoms with Gasteiger partial charge in [-0.1, -0.05) is 0 Å². The summed E-state index contributed by atoms with van der Waals surface area (Å²) in [6.07, 6.45) is 3.82. The van der Waals surface area contributed by atoms with Crippen LogP contribution in [0.1, 0.15) is 38.5 Å². The van der Waals surface area contributed by atoms with Gasteiger partial charge in [0.1, 0.15) is 6.17 Å². The Bertz CT molecular complexity index is 75.3. The maximum absolute atomic E-state index is 12.7. The number of alkyl halides is 1. The van der Waals surface area contributed by atoms with E-state index in [1.54, 1.807) is 0 Å². The maximum atomic E-state index is 12.7. The second-order valence-corrected chi connectivity index (χ2v) is 3.11. The van der Waals surface area contributed by atoms with E-state index in [4.69, 9.17) is 0 Å². The molecule has 1 nitrogen and oxygen atoms in total. The molecule has 60 valence electrons. The number of aliphatic hydroxyl groups excluding tert-OH is 1. The summed E-state index contributed by atoms with van der Waals surface area (Å²) in [4.78, 5) is 0. The zero-order valence-electron chi connectivity index (χ0n) is 6.22. The summed E-state index contributed by atoms with van der Waals surface area (Å²) in [5, 5.41) is 9.18. The minimum atomic E-state index is -0.604. The Morgan fingerprint density at radius 1 is 1.00 bits per heavy atom. The highest BCUT2D eigenvalue weighted by molar-refractivity contribution is 4.66. The highest BCUT2D eigenvalue weighted by Crippen LogP contribution is 2.19. The SMILES string of the molecule is OC1CCCC(F)CCC1. The Labute approximate surface area is 61.2 Å². The second-order valence-electron chi connectivity index (χ2n) is 3.11. The first-order chi connectivity index (χ1) is 4.79. The first-order valence-electron chi connectivity index (χ1n) is 4.11. The first-order valence-corrected chi connectivity index (χ1v) is 4.11. The topological polar surface area (TPSA) is 20.2 Å². The zero-order valence-corrected chi connectivity index (χ0v) is 6.22. The lowest BCUT2D eigenvalue weighted by Gasteiger charge is -2.16. The second kappa shape index (κ2) is 3.91. The van der Waals surface area contributed by atoms with Gasteiger partial charge in [-0.15, -0.1) is 0 Å². The van der Waals surface area contributed by atoms with Crippen LogP contribution in [0, 0.1) is 0 Å². The number of halogens is 1. The summed E-state index contributed by atoms with van der Waals surface area (Å²) in [7, 11) is 0. The van der Waals surface area contributed by atoms with E-state index in [2.05, 4.69) is 0 Å². The van der Waals surface area contributed by atoms with Crippen LogP contribution in [0.5, 0.6) is 0 Å². The molecule has 0 aromatic heterocycles. The third-order valence-electron chi connectivity index (χ3n) is 2.11. The molecule has 2 heteroatoms. The lowest BCUT2D eigenvalue weighted by atomic mass is 9.98. The molecule has 0 aromatic rings.